The molecule has 0 unspecified atom stereocenters. The van der Waals surface area contributed by atoms with Gasteiger partial charge in [0, 0.05) is 18.7 Å². The van der Waals surface area contributed by atoms with Gasteiger partial charge in [-0.2, -0.15) is 0 Å². The summed E-state index contributed by atoms with van der Waals surface area (Å²) in [6, 6.07) is 15.5. The van der Waals surface area contributed by atoms with E-state index < -0.39 is 0 Å². The van der Waals surface area contributed by atoms with Crippen LogP contribution in [0.25, 0.3) is 0 Å². The maximum Gasteiger partial charge on any atom is 0.319 e. The Morgan fingerprint density at radius 3 is 2.83 bits per heavy atom. The molecule has 5 nitrogen and oxygen atoms in total. The fourth-order valence-electron chi connectivity index (χ4n) is 3.31. The third kappa shape index (κ3) is 3.08. The molecule has 2 amide bonds. The van der Waals surface area contributed by atoms with Crippen LogP contribution < -0.4 is 15.4 Å². The Labute approximate surface area is 141 Å². The molecule has 2 aromatic rings. The van der Waals surface area contributed by atoms with Crippen molar-refractivity contribution in [1.82, 2.24) is 5.32 Å². The molecule has 0 aliphatic carbocycles. The highest BCUT2D eigenvalue weighted by Crippen LogP contribution is 2.30. The van der Waals surface area contributed by atoms with Gasteiger partial charge in [0.25, 0.3) is 0 Å². The Kier molecular flexibility index (Phi) is 4.09. The molecule has 124 valence electrons. The standard InChI is InChI=1S/C19H20N2O3/c22-19(20-15-6-7-17-14(12-15)8-10-23-17)21-16-9-11-24-18(16)13-4-2-1-3-5-13/h1-7,12,16,18H,8-11H2,(H2,20,21,22)/t16-,18-/m1/s1. The van der Waals surface area contributed by atoms with Gasteiger partial charge in [-0.1, -0.05) is 30.3 Å². The van der Waals surface area contributed by atoms with Gasteiger partial charge >= 0.3 is 6.03 Å². The lowest BCUT2D eigenvalue weighted by atomic mass is 10.0. The molecule has 24 heavy (non-hydrogen) atoms. The van der Waals surface area contributed by atoms with Crippen LogP contribution in [0.4, 0.5) is 10.5 Å². The smallest absolute Gasteiger partial charge is 0.319 e. The van der Waals surface area contributed by atoms with Crippen LogP contribution in [-0.4, -0.2) is 25.3 Å². The second-order valence-corrected chi connectivity index (χ2v) is 6.12. The number of fused-ring (bicyclic) bond motifs is 1. The Morgan fingerprint density at radius 2 is 1.96 bits per heavy atom. The van der Waals surface area contributed by atoms with Crippen LogP contribution in [0.3, 0.4) is 0 Å². The van der Waals surface area contributed by atoms with Gasteiger partial charge in [-0.3, -0.25) is 0 Å². The molecule has 2 atom stereocenters. The van der Waals surface area contributed by atoms with Gasteiger partial charge < -0.3 is 20.1 Å². The van der Waals surface area contributed by atoms with Crippen LogP contribution in [0, 0.1) is 0 Å². The van der Waals surface area contributed by atoms with Crippen LogP contribution >= 0.6 is 0 Å². The third-order valence-electron chi connectivity index (χ3n) is 4.48. The van der Waals surface area contributed by atoms with E-state index in [4.69, 9.17) is 9.47 Å². The number of carbonyl (C=O) groups is 1. The summed E-state index contributed by atoms with van der Waals surface area (Å²) in [7, 11) is 0. The van der Waals surface area contributed by atoms with Crippen molar-refractivity contribution in [2.45, 2.75) is 25.0 Å². The molecular formula is C19H20N2O3. The fraction of sp³-hybridized carbons (Fsp3) is 0.316. The van der Waals surface area contributed by atoms with Crippen molar-refractivity contribution in [2.75, 3.05) is 18.5 Å². The van der Waals surface area contributed by atoms with Crippen LogP contribution in [0.5, 0.6) is 5.75 Å². The molecule has 2 aliphatic heterocycles. The van der Waals surface area contributed by atoms with E-state index in [1.165, 1.54) is 0 Å². The maximum absolute atomic E-state index is 12.3. The number of benzene rings is 2. The van der Waals surface area contributed by atoms with Crippen LogP contribution in [0.1, 0.15) is 23.7 Å². The average Bonchev–Trinajstić information content (AvgIpc) is 3.24. The number of carbonyl (C=O) groups excluding carboxylic acids is 1. The zero-order valence-electron chi connectivity index (χ0n) is 13.3. The van der Waals surface area contributed by atoms with Gasteiger partial charge in [0.1, 0.15) is 11.9 Å². The summed E-state index contributed by atoms with van der Waals surface area (Å²) in [5.41, 5.74) is 3.01. The molecule has 2 heterocycles. The number of anilines is 1. The number of hydrogen-bond acceptors (Lipinski definition) is 3. The summed E-state index contributed by atoms with van der Waals surface area (Å²) < 4.78 is 11.3. The Hall–Kier alpha value is -2.53. The average molecular weight is 324 g/mol. The number of amides is 2. The molecule has 1 saturated heterocycles. The Balaban J connectivity index is 1.40. The van der Waals surface area contributed by atoms with Crippen molar-refractivity contribution in [3.8, 4) is 5.75 Å². The number of ether oxygens (including phenoxy) is 2. The van der Waals surface area contributed by atoms with Crippen LogP contribution in [-0.2, 0) is 11.2 Å². The molecule has 1 fully saturated rings. The highest BCUT2D eigenvalue weighted by molar-refractivity contribution is 5.89. The first-order valence-electron chi connectivity index (χ1n) is 8.29. The molecule has 0 bridgehead atoms. The van der Waals surface area contributed by atoms with Gasteiger partial charge in [-0.05, 0) is 35.7 Å². The van der Waals surface area contributed by atoms with Crippen molar-refractivity contribution in [3.05, 3.63) is 59.7 Å². The van der Waals surface area contributed by atoms with E-state index in [0.717, 1.165) is 35.4 Å². The van der Waals surface area contributed by atoms with Crippen molar-refractivity contribution in [1.29, 1.82) is 0 Å². The van der Waals surface area contributed by atoms with Gasteiger partial charge in [0.05, 0.1) is 12.6 Å². The first kappa shape index (κ1) is 15.0. The minimum atomic E-state index is -0.203. The zero-order chi connectivity index (χ0) is 16.4. The van der Waals surface area contributed by atoms with Gasteiger partial charge in [0.2, 0.25) is 0 Å². The summed E-state index contributed by atoms with van der Waals surface area (Å²) in [6.45, 7) is 1.36. The van der Waals surface area contributed by atoms with Gasteiger partial charge in [0.15, 0.2) is 0 Å². The summed E-state index contributed by atoms with van der Waals surface area (Å²) >= 11 is 0. The maximum atomic E-state index is 12.3. The predicted octanol–water partition coefficient (Wildman–Crippen LogP) is 3.27. The second kappa shape index (κ2) is 6.53. The number of nitrogens with one attached hydrogen (secondary N) is 2. The highest BCUT2D eigenvalue weighted by atomic mass is 16.5. The summed E-state index contributed by atoms with van der Waals surface area (Å²) in [4.78, 5) is 12.3. The second-order valence-electron chi connectivity index (χ2n) is 6.12. The van der Waals surface area contributed by atoms with E-state index in [1.807, 2.05) is 48.5 Å². The highest BCUT2D eigenvalue weighted by Gasteiger charge is 2.30. The van der Waals surface area contributed by atoms with Gasteiger partial charge in [-0.15, -0.1) is 0 Å². The quantitative estimate of drug-likeness (QED) is 0.911. The number of rotatable bonds is 3. The van der Waals surface area contributed by atoms with E-state index in [1.54, 1.807) is 0 Å². The zero-order valence-corrected chi connectivity index (χ0v) is 13.3. The summed E-state index contributed by atoms with van der Waals surface area (Å²) in [5, 5.41) is 5.95. The van der Waals surface area contributed by atoms with E-state index in [-0.39, 0.29) is 18.2 Å². The lowest BCUT2D eigenvalue weighted by Crippen LogP contribution is -2.39. The molecular weight excluding hydrogens is 304 g/mol. The van der Waals surface area contributed by atoms with Crippen molar-refractivity contribution >= 4 is 11.7 Å². The minimum Gasteiger partial charge on any atom is -0.493 e. The minimum absolute atomic E-state index is 0.0230. The molecule has 2 aliphatic rings. The molecule has 2 aromatic carbocycles. The fourth-order valence-corrected chi connectivity index (χ4v) is 3.31. The molecule has 0 spiro atoms. The van der Waals surface area contributed by atoms with E-state index in [2.05, 4.69) is 10.6 Å². The first-order valence-corrected chi connectivity index (χ1v) is 8.29. The first-order chi connectivity index (χ1) is 11.8. The molecule has 4 rings (SSSR count). The van der Waals surface area contributed by atoms with Crippen molar-refractivity contribution in [3.63, 3.8) is 0 Å². The summed E-state index contributed by atoms with van der Waals surface area (Å²) in [5.74, 6) is 0.911. The molecule has 0 aromatic heterocycles. The number of hydrogen-bond donors (Lipinski definition) is 2. The predicted molar refractivity (Wildman–Crippen MR) is 91.3 cm³/mol. The molecule has 2 N–H and O–H groups in total. The van der Waals surface area contributed by atoms with E-state index in [9.17, 15) is 4.79 Å². The monoisotopic (exact) mass is 324 g/mol. The lowest BCUT2D eigenvalue weighted by molar-refractivity contribution is 0.100. The van der Waals surface area contributed by atoms with Crippen LogP contribution in [0.15, 0.2) is 48.5 Å². The summed E-state index contributed by atoms with van der Waals surface area (Å²) in [6.07, 6.45) is 1.61. The largest absolute Gasteiger partial charge is 0.493 e. The van der Waals surface area contributed by atoms with E-state index >= 15 is 0 Å². The molecule has 5 heteroatoms. The van der Waals surface area contributed by atoms with Crippen LogP contribution in [0.2, 0.25) is 0 Å². The lowest BCUT2D eigenvalue weighted by Gasteiger charge is -2.20. The van der Waals surface area contributed by atoms with Crippen molar-refractivity contribution in [2.24, 2.45) is 0 Å². The van der Waals surface area contributed by atoms with Crippen molar-refractivity contribution < 1.29 is 14.3 Å². The van der Waals surface area contributed by atoms with E-state index in [0.29, 0.717) is 13.2 Å². The molecule has 0 saturated carbocycles. The number of urea groups is 1. The topological polar surface area (TPSA) is 59.6 Å². The molecule has 0 radical (unpaired) electrons. The third-order valence-corrected chi connectivity index (χ3v) is 4.48. The van der Waals surface area contributed by atoms with Gasteiger partial charge in [-0.25, -0.2) is 4.79 Å². The Morgan fingerprint density at radius 1 is 1.08 bits per heavy atom. The Bertz CT molecular complexity index is 733. The normalized spacial score (nSPS) is 21.8. The SMILES string of the molecule is O=C(Nc1ccc2c(c1)CCO2)N[C@@H]1CCO[C@@H]1c1ccccc1.